The van der Waals surface area contributed by atoms with Crippen LogP contribution in [0.15, 0.2) is 0 Å². The smallest absolute Gasteiger partial charge is 0.0600 e. The van der Waals surface area contributed by atoms with Crippen LogP contribution >= 0.6 is 0 Å². The summed E-state index contributed by atoms with van der Waals surface area (Å²) in [5, 5.41) is 9.61. The molecule has 1 N–H and O–H groups in total. The lowest BCUT2D eigenvalue weighted by Gasteiger charge is -2.26. The highest BCUT2D eigenvalue weighted by atomic mass is 16.3. The largest absolute Gasteiger partial charge is 0.393 e. The molecule has 0 saturated carbocycles. The Bertz CT molecular complexity index is 105. The molecule has 0 heterocycles. The minimum atomic E-state index is -0.190. The molecule has 0 saturated heterocycles. The Balaban J connectivity index is 3.61. The maximum Gasteiger partial charge on any atom is 0.0600 e. The monoisotopic (exact) mass is 159 g/mol. The van der Waals surface area contributed by atoms with Gasteiger partial charge in [0.05, 0.1) is 6.10 Å². The summed E-state index contributed by atoms with van der Waals surface area (Å²) in [6, 6.07) is 0. The van der Waals surface area contributed by atoms with Crippen LogP contribution < -0.4 is 0 Å². The van der Waals surface area contributed by atoms with Crippen molar-refractivity contribution in [3.63, 3.8) is 0 Å². The van der Waals surface area contributed by atoms with Crippen molar-refractivity contribution in [1.29, 1.82) is 0 Å². The van der Waals surface area contributed by atoms with E-state index in [1.165, 1.54) is 0 Å². The van der Waals surface area contributed by atoms with Crippen molar-refractivity contribution in [1.82, 2.24) is 4.90 Å². The molecule has 11 heavy (non-hydrogen) atoms. The van der Waals surface area contributed by atoms with Gasteiger partial charge in [0.1, 0.15) is 0 Å². The summed E-state index contributed by atoms with van der Waals surface area (Å²) in [5.74, 6) is 0. The third-order valence-electron chi connectivity index (χ3n) is 1.85. The molecule has 2 nitrogen and oxygen atoms in total. The van der Waals surface area contributed by atoms with Crippen molar-refractivity contribution in [3.8, 4) is 0 Å². The summed E-state index contributed by atoms with van der Waals surface area (Å²) in [7, 11) is 4.05. The van der Waals surface area contributed by atoms with E-state index in [9.17, 15) is 5.11 Å². The molecule has 1 unspecified atom stereocenters. The number of hydrogen-bond donors (Lipinski definition) is 1. The normalized spacial score (nSPS) is 15.5. The Kier molecular flexibility index (Phi) is 4.04. The van der Waals surface area contributed by atoms with Gasteiger partial charge < -0.3 is 10.0 Å². The first-order valence-electron chi connectivity index (χ1n) is 4.17. The summed E-state index contributed by atoms with van der Waals surface area (Å²) >= 11 is 0. The maximum atomic E-state index is 9.61. The Labute approximate surface area is 70.2 Å². The topological polar surface area (TPSA) is 23.5 Å². The minimum Gasteiger partial charge on any atom is -0.393 e. The summed E-state index contributed by atoms with van der Waals surface area (Å²) in [6.07, 6.45) is 0.668. The lowest BCUT2D eigenvalue weighted by molar-refractivity contribution is 0.0497. The molecule has 0 aromatic heterocycles. The summed E-state index contributed by atoms with van der Waals surface area (Å²) in [4.78, 5) is 2.09. The van der Waals surface area contributed by atoms with E-state index in [0.717, 1.165) is 13.0 Å². The van der Waals surface area contributed by atoms with E-state index < -0.39 is 0 Å². The summed E-state index contributed by atoms with van der Waals surface area (Å²) in [5.41, 5.74) is 0.0238. The third-order valence-corrected chi connectivity index (χ3v) is 1.85. The molecule has 0 rings (SSSR count). The van der Waals surface area contributed by atoms with Gasteiger partial charge in [-0.05, 0) is 32.5 Å². The first-order valence-corrected chi connectivity index (χ1v) is 4.17. The second-order valence-corrected chi connectivity index (χ2v) is 4.47. The molecule has 1 atom stereocenters. The maximum absolute atomic E-state index is 9.61. The minimum absolute atomic E-state index is 0.0238. The van der Waals surface area contributed by atoms with Gasteiger partial charge in [0.2, 0.25) is 0 Å². The van der Waals surface area contributed by atoms with E-state index in [1.807, 2.05) is 14.1 Å². The van der Waals surface area contributed by atoms with Crippen LogP contribution in [0.1, 0.15) is 27.2 Å². The average Bonchev–Trinajstić information content (AvgIpc) is 1.80. The van der Waals surface area contributed by atoms with Crippen molar-refractivity contribution in [2.45, 2.75) is 33.3 Å². The first-order chi connectivity index (χ1) is 4.84. The highest BCUT2D eigenvalue weighted by molar-refractivity contribution is 4.72. The summed E-state index contributed by atoms with van der Waals surface area (Å²) in [6.45, 7) is 7.15. The van der Waals surface area contributed by atoms with Crippen molar-refractivity contribution in [2.75, 3.05) is 20.6 Å². The lowest BCUT2D eigenvalue weighted by Crippen LogP contribution is -2.29. The fraction of sp³-hybridized carbons (Fsp3) is 1.00. The molecule has 0 aliphatic carbocycles. The van der Waals surface area contributed by atoms with Crippen LogP contribution in [0, 0.1) is 5.41 Å². The number of aliphatic hydroxyl groups excluding tert-OH is 1. The lowest BCUT2D eigenvalue weighted by atomic mass is 9.87. The first kappa shape index (κ1) is 10.9. The van der Waals surface area contributed by atoms with Gasteiger partial charge in [0, 0.05) is 0 Å². The van der Waals surface area contributed by atoms with Gasteiger partial charge in [0.25, 0.3) is 0 Å². The van der Waals surface area contributed by atoms with Crippen LogP contribution in [0.4, 0.5) is 0 Å². The van der Waals surface area contributed by atoms with Crippen LogP contribution in [0.3, 0.4) is 0 Å². The van der Waals surface area contributed by atoms with E-state index in [2.05, 4.69) is 25.7 Å². The third kappa shape index (κ3) is 5.22. The number of hydrogen-bond acceptors (Lipinski definition) is 2. The van der Waals surface area contributed by atoms with E-state index >= 15 is 0 Å². The molecule has 68 valence electrons. The molecule has 0 aliphatic rings. The molecule has 0 aromatic rings. The zero-order valence-electron chi connectivity index (χ0n) is 8.39. The van der Waals surface area contributed by atoms with Crippen molar-refractivity contribution in [3.05, 3.63) is 0 Å². The van der Waals surface area contributed by atoms with E-state index in [0.29, 0.717) is 0 Å². The second kappa shape index (κ2) is 4.07. The number of rotatable bonds is 3. The Morgan fingerprint density at radius 2 is 1.73 bits per heavy atom. The van der Waals surface area contributed by atoms with E-state index in [4.69, 9.17) is 0 Å². The molecule has 0 spiro atoms. The van der Waals surface area contributed by atoms with Gasteiger partial charge in [-0.2, -0.15) is 0 Å². The van der Waals surface area contributed by atoms with Gasteiger partial charge >= 0.3 is 0 Å². The quantitative estimate of drug-likeness (QED) is 0.672. The van der Waals surface area contributed by atoms with Gasteiger partial charge in [0.15, 0.2) is 0 Å². The Morgan fingerprint density at radius 1 is 1.27 bits per heavy atom. The van der Waals surface area contributed by atoms with Gasteiger partial charge in [-0.25, -0.2) is 0 Å². The molecule has 0 bridgehead atoms. The summed E-state index contributed by atoms with van der Waals surface area (Å²) < 4.78 is 0. The fourth-order valence-corrected chi connectivity index (χ4v) is 0.813. The second-order valence-electron chi connectivity index (χ2n) is 4.47. The Hall–Kier alpha value is -0.0800. The standard InChI is InChI=1S/C9H21NO/c1-9(2,3)8(11)6-7-10(4)5/h8,11H,6-7H2,1-5H3. The SMILES string of the molecule is CN(C)CCC(O)C(C)(C)C. The molecule has 0 fully saturated rings. The van der Waals surface area contributed by atoms with Crippen LogP contribution in [0.2, 0.25) is 0 Å². The van der Waals surface area contributed by atoms with Crippen LogP contribution in [0.25, 0.3) is 0 Å². The predicted octanol–water partition coefficient (Wildman–Crippen LogP) is 1.35. The van der Waals surface area contributed by atoms with E-state index in [-0.39, 0.29) is 11.5 Å². The molecule has 2 heteroatoms. The van der Waals surface area contributed by atoms with Crippen molar-refractivity contribution in [2.24, 2.45) is 5.41 Å². The predicted molar refractivity (Wildman–Crippen MR) is 48.6 cm³/mol. The molecular formula is C9H21NO. The van der Waals surface area contributed by atoms with Crippen molar-refractivity contribution < 1.29 is 5.11 Å². The Morgan fingerprint density at radius 3 is 2.00 bits per heavy atom. The molecule has 0 aliphatic heterocycles. The zero-order valence-corrected chi connectivity index (χ0v) is 8.39. The van der Waals surface area contributed by atoms with Gasteiger partial charge in [-0.15, -0.1) is 0 Å². The molecular weight excluding hydrogens is 138 g/mol. The highest BCUT2D eigenvalue weighted by Crippen LogP contribution is 2.21. The van der Waals surface area contributed by atoms with Gasteiger partial charge in [-0.3, -0.25) is 0 Å². The number of nitrogens with zero attached hydrogens (tertiary/aromatic N) is 1. The average molecular weight is 159 g/mol. The molecule has 0 aromatic carbocycles. The zero-order chi connectivity index (χ0) is 9.07. The molecule has 0 radical (unpaired) electrons. The van der Waals surface area contributed by atoms with Crippen molar-refractivity contribution >= 4 is 0 Å². The van der Waals surface area contributed by atoms with Crippen LogP contribution in [-0.2, 0) is 0 Å². The van der Waals surface area contributed by atoms with Crippen LogP contribution in [-0.4, -0.2) is 36.8 Å². The van der Waals surface area contributed by atoms with Crippen LogP contribution in [0.5, 0.6) is 0 Å². The number of aliphatic hydroxyl groups is 1. The van der Waals surface area contributed by atoms with E-state index in [1.54, 1.807) is 0 Å². The highest BCUT2D eigenvalue weighted by Gasteiger charge is 2.21. The molecule has 0 amide bonds. The van der Waals surface area contributed by atoms with Gasteiger partial charge in [-0.1, -0.05) is 20.8 Å². The fourth-order valence-electron chi connectivity index (χ4n) is 0.813.